The number of nitrogens with zero attached hydrogens (tertiary/aromatic N) is 2. The van der Waals surface area contributed by atoms with Crippen molar-refractivity contribution in [1.82, 2.24) is 4.90 Å². The molecule has 7 heteroatoms. The molecule has 0 amide bonds. The van der Waals surface area contributed by atoms with Crippen molar-refractivity contribution in [3.05, 3.63) is 34.4 Å². The van der Waals surface area contributed by atoms with Crippen molar-refractivity contribution < 1.29 is 19.2 Å². The van der Waals surface area contributed by atoms with E-state index in [9.17, 15) is 14.9 Å². The summed E-state index contributed by atoms with van der Waals surface area (Å²) in [6, 6.07) is 6.03. The summed E-state index contributed by atoms with van der Waals surface area (Å²) < 4.78 is 10.4. The molecule has 1 aromatic carbocycles. The van der Waals surface area contributed by atoms with Gasteiger partial charge in [0.15, 0.2) is 11.5 Å². The monoisotopic (exact) mass is 280 g/mol. The summed E-state index contributed by atoms with van der Waals surface area (Å²) in [5.74, 6) is 0.0119. The summed E-state index contributed by atoms with van der Waals surface area (Å²) in [5, 5.41) is 10.8. The van der Waals surface area contributed by atoms with E-state index in [0.717, 1.165) is 13.1 Å². The molecule has 1 saturated heterocycles. The third kappa shape index (κ3) is 4.01. The van der Waals surface area contributed by atoms with E-state index in [4.69, 9.17) is 9.47 Å². The fraction of sp³-hybridized carbons (Fsp3) is 0.462. The lowest BCUT2D eigenvalue weighted by molar-refractivity contribution is -0.385. The second-order valence-corrected chi connectivity index (χ2v) is 4.44. The number of ether oxygens (including phenoxy) is 2. The number of carbonyl (C=O) groups is 1. The maximum Gasteiger partial charge on any atom is 0.310 e. The fourth-order valence-corrected chi connectivity index (χ4v) is 1.94. The molecular weight excluding hydrogens is 264 g/mol. The molecule has 1 heterocycles. The van der Waals surface area contributed by atoms with E-state index < -0.39 is 4.92 Å². The Morgan fingerprint density at radius 1 is 1.35 bits per heavy atom. The van der Waals surface area contributed by atoms with Crippen molar-refractivity contribution in [1.29, 1.82) is 0 Å². The fourth-order valence-electron chi connectivity index (χ4n) is 1.94. The number of Topliss-reactive ketones (excluding diaryl/α,β-unsaturated/α-hetero) is 1. The number of nitro groups is 1. The lowest BCUT2D eigenvalue weighted by Crippen LogP contribution is -2.40. The molecule has 0 spiro atoms. The standard InChI is InChI=1S/C13H16N2O5/c16-11(9-14-5-7-19-8-6-14)10-20-13-4-2-1-3-12(13)15(17)18/h1-4H,5-10H2. The van der Waals surface area contributed by atoms with Crippen LogP contribution in [0.5, 0.6) is 5.75 Å². The summed E-state index contributed by atoms with van der Waals surface area (Å²) in [6.45, 7) is 2.80. The highest BCUT2D eigenvalue weighted by molar-refractivity contribution is 5.82. The van der Waals surface area contributed by atoms with Crippen LogP contribution >= 0.6 is 0 Å². The van der Waals surface area contributed by atoms with Crippen LogP contribution in [0.2, 0.25) is 0 Å². The predicted molar refractivity (Wildman–Crippen MR) is 70.9 cm³/mol. The smallest absolute Gasteiger partial charge is 0.310 e. The summed E-state index contributed by atoms with van der Waals surface area (Å²) in [5.41, 5.74) is -0.133. The first-order valence-corrected chi connectivity index (χ1v) is 6.35. The molecule has 1 aromatic rings. The van der Waals surface area contributed by atoms with E-state index in [-0.39, 0.29) is 30.4 Å². The van der Waals surface area contributed by atoms with Gasteiger partial charge in [0.2, 0.25) is 0 Å². The van der Waals surface area contributed by atoms with Gasteiger partial charge in [-0.3, -0.25) is 19.8 Å². The van der Waals surface area contributed by atoms with Crippen LogP contribution in [0, 0.1) is 10.1 Å². The number of carbonyl (C=O) groups excluding carboxylic acids is 1. The number of benzene rings is 1. The normalized spacial score (nSPS) is 15.8. The Hall–Kier alpha value is -1.99. The number of ketones is 1. The van der Waals surface area contributed by atoms with E-state index >= 15 is 0 Å². The van der Waals surface area contributed by atoms with Crippen molar-refractivity contribution in [2.24, 2.45) is 0 Å². The molecule has 1 aliphatic heterocycles. The molecule has 7 nitrogen and oxygen atoms in total. The second kappa shape index (κ2) is 6.97. The van der Waals surface area contributed by atoms with Crippen molar-refractivity contribution in [3.63, 3.8) is 0 Å². The van der Waals surface area contributed by atoms with E-state index in [1.807, 2.05) is 4.90 Å². The third-order valence-corrected chi connectivity index (χ3v) is 2.95. The number of para-hydroxylation sites is 2. The van der Waals surface area contributed by atoms with Gasteiger partial charge in [0, 0.05) is 19.2 Å². The average molecular weight is 280 g/mol. The van der Waals surface area contributed by atoms with E-state index in [2.05, 4.69) is 0 Å². The molecule has 0 radical (unpaired) electrons. The van der Waals surface area contributed by atoms with E-state index in [1.165, 1.54) is 12.1 Å². The molecule has 1 aliphatic rings. The van der Waals surface area contributed by atoms with Gasteiger partial charge < -0.3 is 9.47 Å². The van der Waals surface area contributed by atoms with Crippen LogP contribution in [0.4, 0.5) is 5.69 Å². The van der Waals surface area contributed by atoms with Gasteiger partial charge in [-0.1, -0.05) is 12.1 Å². The average Bonchev–Trinajstić information content (AvgIpc) is 2.46. The highest BCUT2D eigenvalue weighted by Crippen LogP contribution is 2.25. The van der Waals surface area contributed by atoms with Crippen LogP contribution in [0.15, 0.2) is 24.3 Å². The number of rotatable bonds is 6. The minimum Gasteiger partial charge on any atom is -0.479 e. The maximum atomic E-state index is 11.8. The van der Waals surface area contributed by atoms with Crippen molar-refractivity contribution in [2.75, 3.05) is 39.5 Å². The highest BCUT2D eigenvalue weighted by atomic mass is 16.6. The van der Waals surface area contributed by atoms with Gasteiger partial charge in [0.25, 0.3) is 0 Å². The first-order valence-electron chi connectivity index (χ1n) is 6.35. The summed E-state index contributed by atoms with van der Waals surface area (Å²) in [6.07, 6.45) is 0. The van der Waals surface area contributed by atoms with Crippen LogP contribution in [-0.4, -0.2) is 55.1 Å². The van der Waals surface area contributed by atoms with Crippen molar-refractivity contribution in [3.8, 4) is 5.75 Å². The SMILES string of the molecule is O=C(COc1ccccc1[N+](=O)[O-])CN1CCOCC1. The zero-order chi connectivity index (χ0) is 14.4. The van der Waals surface area contributed by atoms with Gasteiger partial charge in [-0.15, -0.1) is 0 Å². The first kappa shape index (κ1) is 14.4. The number of morpholine rings is 1. The highest BCUT2D eigenvalue weighted by Gasteiger charge is 2.17. The topological polar surface area (TPSA) is 81.9 Å². The molecule has 20 heavy (non-hydrogen) atoms. The van der Waals surface area contributed by atoms with E-state index in [1.54, 1.807) is 12.1 Å². The van der Waals surface area contributed by atoms with Crippen LogP contribution < -0.4 is 4.74 Å². The van der Waals surface area contributed by atoms with Crippen LogP contribution in [-0.2, 0) is 9.53 Å². The lowest BCUT2D eigenvalue weighted by atomic mass is 10.3. The molecule has 0 saturated carbocycles. The largest absolute Gasteiger partial charge is 0.479 e. The zero-order valence-electron chi connectivity index (χ0n) is 11.0. The minimum atomic E-state index is -0.526. The van der Waals surface area contributed by atoms with Gasteiger partial charge >= 0.3 is 5.69 Å². The Bertz CT molecular complexity index is 485. The Morgan fingerprint density at radius 2 is 2.05 bits per heavy atom. The molecule has 0 aliphatic carbocycles. The maximum absolute atomic E-state index is 11.8. The van der Waals surface area contributed by atoms with Gasteiger partial charge in [0.1, 0.15) is 6.61 Å². The molecule has 2 rings (SSSR count). The van der Waals surface area contributed by atoms with Gasteiger partial charge in [-0.2, -0.15) is 0 Å². The quantitative estimate of drug-likeness (QED) is 0.568. The van der Waals surface area contributed by atoms with Crippen molar-refractivity contribution in [2.45, 2.75) is 0 Å². The molecule has 0 N–H and O–H groups in total. The molecular formula is C13H16N2O5. The molecule has 1 fully saturated rings. The van der Waals surface area contributed by atoms with Crippen molar-refractivity contribution >= 4 is 11.5 Å². The third-order valence-electron chi connectivity index (χ3n) is 2.95. The van der Waals surface area contributed by atoms with Gasteiger partial charge in [-0.25, -0.2) is 0 Å². The Morgan fingerprint density at radius 3 is 2.75 bits per heavy atom. The van der Waals surface area contributed by atoms with Crippen LogP contribution in [0.1, 0.15) is 0 Å². The Kier molecular flexibility index (Phi) is 5.03. The molecule has 0 unspecified atom stereocenters. The zero-order valence-corrected chi connectivity index (χ0v) is 11.0. The second-order valence-electron chi connectivity index (χ2n) is 4.44. The summed E-state index contributed by atoms with van der Waals surface area (Å²) in [4.78, 5) is 24.0. The Labute approximate surface area is 116 Å². The van der Waals surface area contributed by atoms with E-state index in [0.29, 0.717) is 13.2 Å². The van der Waals surface area contributed by atoms with Crippen LogP contribution in [0.3, 0.4) is 0 Å². The van der Waals surface area contributed by atoms with Gasteiger partial charge in [0.05, 0.1) is 24.7 Å². The Balaban J connectivity index is 1.85. The first-order chi connectivity index (χ1) is 9.66. The molecule has 108 valence electrons. The lowest BCUT2D eigenvalue weighted by Gasteiger charge is -2.25. The minimum absolute atomic E-state index is 0.106. The number of hydrogen-bond donors (Lipinski definition) is 0. The van der Waals surface area contributed by atoms with Gasteiger partial charge in [-0.05, 0) is 6.07 Å². The molecule has 0 aromatic heterocycles. The number of nitro benzene ring substituents is 1. The molecule has 0 bridgehead atoms. The summed E-state index contributed by atoms with van der Waals surface area (Å²) >= 11 is 0. The predicted octanol–water partition coefficient (Wildman–Crippen LogP) is 0.875. The number of hydrogen-bond acceptors (Lipinski definition) is 6. The summed E-state index contributed by atoms with van der Waals surface area (Å²) in [7, 11) is 0. The van der Waals surface area contributed by atoms with Crippen LogP contribution in [0.25, 0.3) is 0 Å². The molecule has 0 atom stereocenters.